The number of rotatable bonds is 4. The third-order valence-corrected chi connectivity index (χ3v) is 4.95. The summed E-state index contributed by atoms with van der Waals surface area (Å²) >= 11 is 0. The number of nitrogens with one attached hydrogen (secondary N) is 1. The SMILES string of the molecule is CCCc1ncc2c(n1)CN(Cc1c[nH]c3c(C)cccc13)CC2. The van der Waals surface area contributed by atoms with Gasteiger partial charge in [0.05, 0.1) is 5.69 Å². The highest BCUT2D eigenvalue weighted by molar-refractivity contribution is 5.85. The van der Waals surface area contributed by atoms with Crippen LogP contribution in [0.1, 0.15) is 41.6 Å². The number of aromatic nitrogens is 3. The molecular formula is C20H24N4. The van der Waals surface area contributed by atoms with Crippen LogP contribution in [0.2, 0.25) is 0 Å². The Morgan fingerprint density at radius 2 is 2.21 bits per heavy atom. The van der Waals surface area contributed by atoms with Gasteiger partial charge in [0, 0.05) is 49.4 Å². The van der Waals surface area contributed by atoms with Crippen LogP contribution < -0.4 is 0 Å². The first-order chi connectivity index (χ1) is 11.7. The van der Waals surface area contributed by atoms with E-state index in [1.165, 1.54) is 33.3 Å². The first-order valence-corrected chi connectivity index (χ1v) is 8.86. The molecule has 4 nitrogen and oxygen atoms in total. The monoisotopic (exact) mass is 320 g/mol. The van der Waals surface area contributed by atoms with Crippen molar-refractivity contribution < 1.29 is 0 Å². The van der Waals surface area contributed by atoms with Gasteiger partial charge in [0.15, 0.2) is 0 Å². The van der Waals surface area contributed by atoms with Crippen molar-refractivity contribution in [1.29, 1.82) is 0 Å². The van der Waals surface area contributed by atoms with E-state index in [4.69, 9.17) is 4.98 Å². The Kier molecular flexibility index (Phi) is 4.07. The molecular weight excluding hydrogens is 296 g/mol. The summed E-state index contributed by atoms with van der Waals surface area (Å²) in [4.78, 5) is 15.2. The molecule has 2 aromatic heterocycles. The minimum Gasteiger partial charge on any atom is -0.361 e. The predicted molar refractivity (Wildman–Crippen MR) is 96.9 cm³/mol. The highest BCUT2D eigenvalue weighted by Crippen LogP contribution is 2.25. The summed E-state index contributed by atoms with van der Waals surface area (Å²) in [5.74, 6) is 0.987. The minimum atomic E-state index is 0.924. The molecule has 1 aromatic carbocycles. The highest BCUT2D eigenvalue weighted by atomic mass is 15.1. The lowest BCUT2D eigenvalue weighted by molar-refractivity contribution is 0.241. The minimum absolute atomic E-state index is 0.924. The average Bonchev–Trinajstić information content (AvgIpc) is 2.99. The molecule has 0 amide bonds. The van der Waals surface area contributed by atoms with Gasteiger partial charge in [-0.2, -0.15) is 0 Å². The summed E-state index contributed by atoms with van der Waals surface area (Å²) in [6, 6.07) is 6.52. The molecule has 3 aromatic rings. The number of fused-ring (bicyclic) bond motifs is 2. The Bertz CT molecular complexity index is 865. The Morgan fingerprint density at radius 1 is 1.29 bits per heavy atom. The number of benzene rings is 1. The maximum atomic E-state index is 4.80. The van der Waals surface area contributed by atoms with Gasteiger partial charge in [-0.25, -0.2) is 9.97 Å². The van der Waals surface area contributed by atoms with Crippen molar-refractivity contribution in [3.05, 3.63) is 58.8 Å². The van der Waals surface area contributed by atoms with Crippen LogP contribution in [-0.2, 0) is 25.9 Å². The van der Waals surface area contributed by atoms with Crippen molar-refractivity contribution in [3.63, 3.8) is 0 Å². The molecule has 0 unspecified atom stereocenters. The molecule has 0 radical (unpaired) electrons. The summed E-state index contributed by atoms with van der Waals surface area (Å²) in [5.41, 5.74) is 6.48. The van der Waals surface area contributed by atoms with Gasteiger partial charge in [-0.05, 0) is 36.5 Å². The summed E-state index contributed by atoms with van der Waals surface area (Å²) in [5, 5.41) is 1.34. The molecule has 0 aliphatic carbocycles. The lowest BCUT2D eigenvalue weighted by Crippen LogP contribution is -2.31. The zero-order valence-electron chi connectivity index (χ0n) is 14.5. The molecule has 4 rings (SSSR count). The molecule has 0 atom stereocenters. The second-order valence-corrected chi connectivity index (χ2v) is 6.78. The lowest BCUT2D eigenvalue weighted by Gasteiger charge is -2.27. The average molecular weight is 320 g/mol. The van der Waals surface area contributed by atoms with E-state index in [0.717, 1.165) is 44.7 Å². The van der Waals surface area contributed by atoms with E-state index in [0.29, 0.717) is 0 Å². The summed E-state index contributed by atoms with van der Waals surface area (Å²) in [7, 11) is 0. The van der Waals surface area contributed by atoms with Crippen LogP contribution in [0.5, 0.6) is 0 Å². The topological polar surface area (TPSA) is 44.8 Å². The molecule has 0 spiro atoms. The van der Waals surface area contributed by atoms with Gasteiger partial charge in [0.1, 0.15) is 5.82 Å². The highest BCUT2D eigenvalue weighted by Gasteiger charge is 2.19. The molecule has 1 aliphatic heterocycles. The maximum Gasteiger partial charge on any atom is 0.128 e. The van der Waals surface area contributed by atoms with E-state index >= 15 is 0 Å². The predicted octanol–water partition coefficient (Wildman–Crippen LogP) is 3.78. The molecule has 124 valence electrons. The molecule has 0 bridgehead atoms. The van der Waals surface area contributed by atoms with E-state index in [-0.39, 0.29) is 0 Å². The number of hydrogen-bond donors (Lipinski definition) is 1. The van der Waals surface area contributed by atoms with Crippen LogP contribution in [0.25, 0.3) is 10.9 Å². The zero-order chi connectivity index (χ0) is 16.5. The van der Waals surface area contributed by atoms with Gasteiger partial charge in [-0.15, -0.1) is 0 Å². The van der Waals surface area contributed by atoms with Crippen molar-refractivity contribution in [2.24, 2.45) is 0 Å². The number of aryl methyl sites for hydroxylation is 2. The van der Waals surface area contributed by atoms with E-state index in [2.05, 4.69) is 53.1 Å². The van der Waals surface area contributed by atoms with Crippen LogP contribution in [0.15, 0.2) is 30.6 Å². The third-order valence-electron chi connectivity index (χ3n) is 4.95. The quantitative estimate of drug-likeness (QED) is 0.796. The molecule has 0 saturated carbocycles. The summed E-state index contributed by atoms with van der Waals surface area (Å²) < 4.78 is 0. The van der Waals surface area contributed by atoms with E-state index in [1.54, 1.807) is 0 Å². The Morgan fingerprint density at radius 3 is 3.08 bits per heavy atom. The largest absolute Gasteiger partial charge is 0.361 e. The van der Waals surface area contributed by atoms with Crippen LogP contribution in [0.3, 0.4) is 0 Å². The fourth-order valence-corrected chi connectivity index (χ4v) is 3.61. The van der Waals surface area contributed by atoms with Gasteiger partial charge in [0.25, 0.3) is 0 Å². The van der Waals surface area contributed by atoms with Crippen molar-refractivity contribution >= 4 is 10.9 Å². The molecule has 4 heteroatoms. The van der Waals surface area contributed by atoms with E-state index < -0.39 is 0 Å². The van der Waals surface area contributed by atoms with E-state index in [9.17, 15) is 0 Å². The first kappa shape index (κ1) is 15.3. The Labute approximate surface area is 142 Å². The third kappa shape index (κ3) is 2.82. The number of hydrogen-bond acceptors (Lipinski definition) is 3. The van der Waals surface area contributed by atoms with Gasteiger partial charge >= 0.3 is 0 Å². The Hall–Kier alpha value is -2.20. The Balaban J connectivity index is 1.56. The van der Waals surface area contributed by atoms with Crippen LogP contribution in [-0.4, -0.2) is 26.4 Å². The lowest BCUT2D eigenvalue weighted by atomic mass is 10.0. The number of para-hydroxylation sites is 1. The fraction of sp³-hybridized carbons (Fsp3) is 0.400. The number of aromatic amines is 1. The number of H-pyrrole nitrogens is 1. The van der Waals surface area contributed by atoms with Crippen molar-refractivity contribution in [2.45, 2.75) is 46.2 Å². The molecule has 0 fully saturated rings. The molecule has 0 saturated heterocycles. The second-order valence-electron chi connectivity index (χ2n) is 6.78. The normalized spacial score (nSPS) is 14.9. The maximum absolute atomic E-state index is 4.80. The standard InChI is InChI=1S/C20H24N4/c1-3-5-19-21-10-15-8-9-24(13-18(15)23-19)12-16-11-22-20-14(2)6-4-7-17(16)20/h4,6-7,10-11,22H,3,5,8-9,12-13H2,1-2H3. The first-order valence-electron chi connectivity index (χ1n) is 8.86. The van der Waals surface area contributed by atoms with Gasteiger partial charge in [-0.3, -0.25) is 4.90 Å². The van der Waals surface area contributed by atoms with Crippen molar-refractivity contribution in [2.75, 3.05) is 6.54 Å². The van der Waals surface area contributed by atoms with Gasteiger partial charge in [-0.1, -0.05) is 25.1 Å². The molecule has 24 heavy (non-hydrogen) atoms. The smallest absolute Gasteiger partial charge is 0.128 e. The summed E-state index contributed by atoms with van der Waals surface area (Å²) in [6.07, 6.45) is 7.31. The molecule has 1 aliphatic rings. The molecule has 1 N–H and O–H groups in total. The van der Waals surface area contributed by atoms with Crippen LogP contribution in [0.4, 0.5) is 0 Å². The second kappa shape index (κ2) is 6.36. The van der Waals surface area contributed by atoms with Crippen molar-refractivity contribution in [1.82, 2.24) is 19.9 Å². The van der Waals surface area contributed by atoms with Gasteiger partial charge < -0.3 is 4.98 Å². The molecule has 3 heterocycles. The number of nitrogens with zero attached hydrogens (tertiary/aromatic N) is 3. The fourth-order valence-electron chi connectivity index (χ4n) is 3.61. The zero-order valence-corrected chi connectivity index (χ0v) is 14.5. The van der Waals surface area contributed by atoms with Crippen LogP contribution in [0, 0.1) is 6.92 Å². The summed E-state index contributed by atoms with van der Waals surface area (Å²) in [6.45, 7) is 7.30. The van der Waals surface area contributed by atoms with Crippen LogP contribution >= 0.6 is 0 Å². The van der Waals surface area contributed by atoms with Gasteiger partial charge in [0.2, 0.25) is 0 Å². The van der Waals surface area contributed by atoms with E-state index in [1.807, 2.05) is 6.20 Å². The van der Waals surface area contributed by atoms with Crippen molar-refractivity contribution in [3.8, 4) is 0 Å².